The zero-order valence-electron chi connectivity index (χ0n) is 22.8. The van der Waals surface area contributed by atoms with Crippen LogP contribution in [0.25, 0.3) is 11.5 Å². The SMILES string of the molecule is [2H]C([2H])(Oc1cc2n(c(=O)c1Cl)-c1cc(-n3cccc(C(C)(C)O)c3=O)ncc1C/C=C\C2)c1ncc(F)cc1F. The van der Waals surface area contributed by atoms with Gasteiger partial charge in [-0.25, -0.2) is 13.8 Å². The van der Waals surface area contributed by atoms with Crippen LogP contribution in [0.2, 0.25) is 5.02 Å². The molecule has 5 rings (SSSR count). The van der Waals surface area contributed by atoms with Gasteiger partial charge >= 0.3 is 0 Å². The molecule has 11 heteroatoms. The molecule has 1 aliphatic rings. The van der Waals surface area contributed by atoms with Crippen molar-refractivity contribution in [1.82, 2.24) is 19.1 Å². The molecule has 0 bridgehead atoms. The van der Waals surface area contributed by atoms with Crippen LogP contribution >= 0.6 is 11.6 Å². The summed E-state index contributed by atoms with van der Waals surface area (Å²) in [6, 6.07) is 6.48. The van der Waals surface area contributed by atoms with Gasteiger partial charge < -0.3 is 9.84 Å². The Bertz CT molecular complexity index is 1830. The number of aliphatic hydroxyl groups is 1. The van der Waals surface area contributed by atoms with Crippen molar-refractivity contribution in [2.45, 2.75) is 38.8 Å². The number of ether oxygens (including phenoxy) is 1. The third-order valence-corrected chi connectivity index (χ3v) is 6.48. The van der Waals surface area contributed by atoms with Gasteiger partial charge in [0.2, 0.25) is 0 Å². The molecule has 5 heterocycles. The Kier molecular flexibility index (Phi) is 6.26. The molecule has 0 atom stereocenters. The van der Waals surface area contributed by atoms with Gasteiger partial charge in [0.1, 0.15) is 34.7 Å². The average molecular weight is 555 g/mol. The lowest BCUT2D eigenvalue weighted by molar-refractivity contribution is 0.0767. The molecule has 0 amide bonds. The van der Waals surface area contributed by atoms with E-state index in [0.29, 0.717) is 35.6 Å². The van der Waals surface area contributed by atoms with Gasteiger partial charge in [0.15, 0.2) is 5.82 Å². The van der Waals surface area contributed by atoms with Gasteiger partial charge in [-0.15, -0.1) is 0 Å². The zero-order valence-corrected chi connectivity index (χ0v) is 21.5. The summed E-state index contributed by atoms with van der Waals surface area (Å²) in [6.07, 6.45) is 7.97. The van der Waals surface area contributed by atoms with E-state index >= 15 is 0 Å². The molecule has 0 fully saturated rings. The highest BCUT2D eigenvalue weighted by atomic mass is 35.5. The molecule has 8 nitrogen and oxygen atoms in total. The van der Waals surface area contributed by atoms with Gasteiger partial charge in [0.05, 0.1) is 20.2 Å². The molecular weight excluding hydrogens is 530 g/mol. The fourth-order valence-electron chi connectivity index (χ4n) is 4.21. The van der Waals surface area contributed by atoms with Gasteiger partial charge in [-0.05, 0) is 38.0 Å². The topological polar surface area (TPSA) is 99.2 Å². The van der Waals surface area contributed by atoms with Crippen LogP contribution in [0, 0.1) is 11.6 Å². The van der Waals surface area contributed by atoms with Crippen LogP contribution in [0.1, 0.15) is 39.1 Å². The van der Waals surface area contributed by atoms with E-state index in [9.17, 15) is 23.5 Å². The smallest absolute Gasteiger partial charge is 0.277 e. The maximum atomic E-state index is 14.3. The summed E-state index contributed by atoms with van der Waals surface area (Å²) in [6.45, 7) is 0.0927. The molecule has 0 aromatic carbocycles. The van der Waals surface area contributed by atoms with Crippen molar-refractivity contribution >= 4 is 11.6 Å². The highest BCUT2D eigenvalue weighted by Gasteiger charge is 2.23. The van der Waals surface area contributed by atoms with E-state index in [0.717, 1.165) is 0 Å². The summed E-state index contributed by atoms with van der Waals surface area (Å²) in [5, 5.41) is 9.93. The number of allylic oxidation sites excluding steroid dienone is 2. The molecule has 1 aliphatic heterocycles. The van der Waals surface area contributed by atoms with Crippen LogP contribution < -0.4 is 15.9 Å². The van der Waals surface area contributed by atoms with Crippen molar-refractivity contribution in [3.05, 3.63) is 121 Å². The van der Waals surface area contributed by atoms with Crippen LogP contribution in [0.4, 0.5) is 8.78 Å². The van der Waals surface area contributed by atoms with Gasteiger partial charge in [0.25, 0.3) is 11.1 Å². The predicted molar refractivity (Wildman–Crippen MR) is 141 cm³/mol. The molecule has 1 N–H and O–H groups in total. The molecule has 0 radical (unpaired) electrons. The molecular formula is C28H23ClF2N4O4. The number of nitrogens with zero attached hydrogens (tertiary/aromatic N) is 4. The number of fused-ring (bicyclic) bond motifs is 3. The number of hydrogen-bond donors (Lipinski definition) is 1. The molecule has 4 aromatic rings. The maximum absolute atomic E-state index is 14.3. The number of rotatable bonds is 5. The molecule has 39 heavy (non-hydrogen) atoms. The monoisotopic (exact) mass is 554 g/mol. The van der Waals surface area contributed by atoms with Crippen LogP contribution in [0.3, 0.4) is 0 Å². The molecule has 0 unspecified atom stereocenters. The number of hydrogen-bond acceptors (Lipinski definition) is 6. The van der Waals surface area contributed by atoms with Crippen molar-refractivity contribution in [3.8, 4) is 17.3 Å². The van der Waals surface area contributed by atoms with E-state index in [-0.39, 0.29) is 23.6 Å². The van der Waals surface area contributed by atoms with E-state index in [2.05, 4.69) is 9.97 Å². The van der Waals surface area contributed by atoms with Crippen molar-refractivity contribution in [1.29, 1.82) is 0 Å². The Morgan fingerprint density at radius 2 is 1.90 bits per heavy atom. The van der Waals surface area contributed by atoms with Gasteiger partial charge in [-0.2, -0.15) is 0 Å². The molecule has 0 spiro atoms. The minimum atomic E-state index is -2.90. The first-order valence-electron chi connectivity index (χ1n) is 12.8. The van der Waals surface area contributed by atoms with E-state index in [1.807, 2.05) is 6.08 Å². The molecule has 4 aromatic heterocycles. The van der Waals surface area contributed by atoms with E-state index < -0.39 is 45.6 Å². The zero-order chi connectivity index (χ0) is 29.7. The second-order valence-corrected chi connectivity index (χ2v) is 9.73. The summed E-state index contributed by atoms with van der Waals surface area (Å²) in [5.74, 6) is -2.44. The van der Waals surface area contributed by atoms with Crippen molar-refractivity contribution in [2.24, 2.45) is 0 Å². The Labute approximate surface area is 229 Å². The maximum Gasteiger partial charge on any atom is 0.277 e. The number of pyridine rings is 4. The van der Waals surface area contributed by atoms with Gasteiger partial charge in [-0.3, -0.25) is 23.7 Å². The minimum absolute atomic E-state index is 0.153. The van der Waals surface area contributed by atoms with Crippen LogP contribution in [-0.4, -0.2) is 24.2 Å². The highest BCUT2D eigenvalue weighted by molar-refractivity contribution is 6.31. The predicted octanol–water partition coefficient (Wildman–Crippen LogP) is 4.17. The van der Waals surface area contributed by atoms with Gasteiger partial charge in [-0.1, -0.05) is 23.8 Å². The van der Waals surface area contributed by atoms with Crippen LogP contribution in [0.15, 0.2) is 70.7 Å². The fraction of sp³-hybridized carbons (Fsp3) is 0.214. The van der Waals surface area contributed by atoms with E-state index in [1.54, 1.807) is 18.2 Å². The van der Waals surface area contributed by atoms with Gasteiger partial charge in [0, 0.05) is 48.3 Å². The first-order valence-corrected chi connectivity index (χ1v) is 12.2. The van der Waals surface area contributed by atoms with Crippen LogP contribution in [0.5, 0.6) is 5.75 Å². The first-order chi connectivity index (χ1) is 19.3. The van der Waals surface area contributed by atoms with E-state index in [1.165, 1.54) is 47.5 Å². The highest BCUT2D eigenvalue weighted by Crippen LogP contribution is 2.28. The quantitative estimate of drug-likeness (QED) is 0.372. The molecule has 0 saturated heterocycles. The minimum Gasteiger partial charge on any atom is -0.485 e. The Morgan fingerprint density at radius 3 is 2.64 bits per heavy atom. The van der Waals surface area contributed by atoms with Crippen molar-refractivity contribution in [3.63, 3.8) is 0 Å². The summed E-state index contributed by atoms with van der Waals surface area (Å²) >= 11 is 6.39. The third kappa shape index (κ3) is 5.13. The van der Waals surface area contributed by atoms with E-state index in [4.69, 9.17) is 19.1 Å². The Morgan fingerprint density at radius 1 is 1.13 bits per heavy atom. The second kappa shape index (κ2) is 10.2. The summed E-state index contributed by atoms with van der Waals surface area (Å²) in [4.78, 5) is 34.7. The second-order valence-electron chi connectivity index (χ2n) is 9.35. The summed E-state index contributed by atoms with van der Waals surface area (Å²) in [5.41, 5.74) is -1.95. The lowest BCUT2D eigenvalue weighted by atomic mass is 10.0. The molecule has 0 saturated carbocycles. The Hall–Kier alpha value is -4.15. The van der Waals surface area contributed by atoms with Crippen molar-refractivity contribution < 1.29 is 21.4 Å². The summed E-state index contributed by atoms with van der Waals surface area (Å²) < 4.78 is 51.9. The third-order valence-electron chi connectivity index (χ3n) is 6.13. The fourth-order valence-corrected chi connectivity index (χ4v) is 4.39. The van der Waals surface area contributed by atoms with Crippen LogP contribution in [-0.2, 0) is 25.0 Å². The molecule has 0 aliphatic carbocycles. The first kappa shape index (κ1) is 23.9. The standard InChI is InChI=1S/C28H23ClF2N4O4/c1-28(2,38)19-8-5-9-34(26(19)36)24-12-22-16(13-33-24)6-3-4-7-18-11-23(25(29)27(37)35(18)22)39-15-21-20(31)10-17(30)14-32-21/h3-5,8-14,38H,6-7,15H2,1-2H3/b4-3-/i15D2. The lowest BCUT2D eigenvalue weighted by Crippen LogP contribution is -2.31. The Balaban J connectivity index is 1.65. The number of aromatic nitrogens is 4. The normalized spacial score (nSPS) is 14.8. The molecule has 200 valence electrons. The van der Waals surface area contributed by atoms with Crippen molar-refractivity contribution in [2.75, 3.05) is 0 Å². The lowest BCUT2D eigenvalue weighted by Gasteiger charge is -2.21. The number of halogens is 3. The average Bonchev–Trinajstić information content (AvgIpc) is 2.87. The largest absolute Gasteiger partial charge is 0.485 e. The summed E-state index contributed by atoms with van der Waals surface area (Å²) in [7, 11) is 0.